The quantitative estimate of drug-likeness (QED) is 0.441. The summed E-state index contributed by atoms with van der Waals surface area (Å²) in [6.45, 7) is 3.45. The second kappa shape index (κ2) is 11.3. The molecule has 9 nitrogen and oxygen atoms in total. The Bertz CT molecular complexity index is 1210. The number of carbonyl (C=O) groups is 2. The van der Waals surface area contributed by atoms with Gasteiger partial charge in [0.25, 0.3) is 5.88 Å². The Hall–Kier alpha value is -4.21. The summed E-state index contributed by atoms with van der Waals surface area (Å²) in [4.78, 5) is 33.2. The van der Waals surface area contributed by atoms with Gasteiger partial charge in [0.2, 0.25) is 23.6 Å². The van der Waals surface area contributed by atoms with Gasteiger partial charge in [0, 0.05) is 42.9 Å². The van der Waals surface area contributed by atoms with Crippen molar-refractivity contribution in [1.82, 2.24) is 14.9 Å². The summed E-state index contributed by atoms with van der Waals surface area (Å²) in [5, 5.41) is 5.74. The fourth-order valence-corrected chi connectivity index (χ4v) is 3.49. The maximum atomic E-state index is 14.3. The molecule has 0 bridgehead atoms. The van der Waals surface area contributed by atoms with Gasteiger partial charge >= 0.3 is 0 Å². The number of aromatic nitrogens is 2. The molecule has 10 heteroatoms. The summed E-state index contributed by atoms with van der Waals surface area (Å²) in [6.07, 6.45) is 2.85. The van der Waals surface area contributed by atoms with Gasteiger partial charge in [-0.2, -0.15) is 9.37 Å². The van der Waals surface area contributed by atoms with E-state index in [4.69, 9.17) is 9.47 Å². The molecule has 2 amide bonds. The zero-order valence-electron chi connectivity index (χ0n) is 19.3. The first kappa shape index (κ1) is 23.9. The molecule has 4 rings (SSSR count). The molecule has 1 aliphatic rings. The molecule has 0 atom stereocenters. The molecule has 2 heterocycles. The van der Waals surface area contributed by atoms with Gasteiger partial charge in [-0.25, -0.2) is 4.98 Å². The SMILES string of the molecule is CCC(=O)Nc1cccc(Oc2nc(Nc3cccc(OCCN4CCCC4=O)c3)ncc2F)c1. The Labute approximate surface area is 202 Å². The van der Waals surface area contributed by atoms with Crippen LogP contribution in [-0.2, 0) is 9.59 Å². The number of benzene rings is 2. The Morgan fingerprint density at radius 3 is 2.69 bits per heavy atom. The summed E-state index contributed by atoms with van der Waals surface area (Å²) in [5.41, 5.74) is 1.18. The third-order valence-electron chi connectivity index (χ3n) is 5.26. The number of ether oxygens (including phenoxy) is 2. The van der Waals surface area contributed by atoms with Crippen LogP contribution in [0.2, 0.25) is 0 Å². The van der Waals surface area contributed by atoms with Crippen LogP contribution in [0, 0.1) is 5.82 Å². The third-order valence-corrected chi connectivity index (χ3v) is 5.26. The van der Waals surface area contributed by atoms with E-state index in [1.54, 1.807) is 60.4 Å². The van der Waals surface area contributed by atoms with Crippen molar-refractivity contribution < 1.29 is 23.5 Å². The molecule has 0 radical (unpaired) electrons. The molecule has 0 unspecified atom stereocenters. The molecule has 182 valence electrons. The number of nitrogens with zero attached hydrogens (tertiary/aromatic N) is 3. The van der Waals surface area contributed by atoms with E-state index in [1.807, 2.05) is 0 Å². The molecule has 0 spiro atoms. The largest absolute Gasteiger partial charge is 0.492 e. The Morgan fingerprint density at radius 2 is 1.91 bits per heavy atom. The van der Waals surface area contributed by atoms with E-state index < -0.39 is 5.82 Å². The second-order valence-electron chi connectivity index (χ2n) is 7.86. The van der Waals surface area contributed by atoms with Gasteiger partial charge in [0.05, 0.1) is 12.7 Å². The molecule has 2 N–H and O–H groups in total. The summed E-state index contributed by atoms with van der Waals surface area (Å²) in [6, 6.07) is 13.8. The van der Waals surface area contributed by atoms with Crippen molar-refractivity contribution in [2.75, 3.05) is 30.3 Å². The van der Waals surface area contributed by atoms with Crippen LogP contribution < -0.4 is 20.1 Å². The lowest BCUT2D eigenvalue weighted by Crippen LogP contribution is -2.29. The highest BCUT2D eigenvalue weighted by Gasteiger charge is 2.19. The van der Waals surface area contributed by atoms with Crippen LogP contribution >= 0.6 is 0 Å². The number of likely N-dealkylation sites (tertiary alicyclic amines) is 1. The first-order valence-electron chi connectivity index (χ1n) is 11.4. The molecular weight excluding hydrogens is 453 g/mol. The van der Waals surface area contributed by atoms with Gasteiger partial charge in [-0.3, -0.25) is 9.59 Å². The van der Waals surface area contributed by atoms with Crippen LogP contribution in [0.3, 0.4) is 0 Å². The Balaban J connectivity index is 1.39. The maximum absolute atomic E-state index is 14.3. The highest BCUT2D eigenvalue weighted by molar-refractivity contribution is 5.90. The van der Waals surface area contributed by atoms with E-state index in [1.165, 1.54) is 0 Å². The molecule has 2 aromatic carbocycles. The van der Waals surface area contributed by atoms with Gasteiger partial charge in [-0.15, -0.1) is 0 Å². The van der Waals surface area contributed by atoms with Gasteiger partial charge in [0.15, 0.2) is 0 Å². The first-order valence-corrected chi connectivity index (χ1v) is 11.4. The number of carbonyl (C=O) groups excluding carboxylic acids is 2. The molecule has 1 aromatic heterocycles. The van der Waals surface area contributed by atoms with Crippen LogP contribution in [0.15, 0.2) is 54.7 Å². The molecular formula is C25H26FN5O4. The smallest absolute Gasteiger partial charge is 0.260 e. The number of nitrogens with one attached hydrogen (secondary N) is 2. The van der Waals surface area contributed by atoms with E-state index in [-0.39, 0.29) is 23.6 Å². The Morgan fingerprint density at radius 1 is 1.14 bits per heavy atom. The number of hydrogen-bond acceptors (Lipinski definition) is 7. The monoisotopic (exact) mass is 479 g/mol. The predicted octanol–water partition coefficient (Wildman–Crippen LogP) is 4.50. The van der Waals surface area contributed by atoms with E-state index in [2.05, 4.69) is 20.6 Å². The van der Waals surface area contributed by atoms with Crippen molar-refractivity contribution in [2.45, 2.75) is 26.2 Å². The average molecular weight is 480 g/mol. The van der Waals surface area contributed by atoms with Crippen molar-refractivity contribution in [2.24, 2.45) is 0 Å². The van der Waals surface area contributed by atoms with Crippen molar-refractivity contribution in [3.63, 3.8) is 0 Å². The lowest BCUT2D eigenvalue weighted by Gasteiger charge is -2.16. The van der Waals surface area contributed by atoms with Crippen LogP contribution in [0.25, 0.3) is 0 Å². The number of hydrogen-bond donors (Lipinski definition) is 2. The first-order chi connectivity index (χ1) is 17.0. The molecule has 0 saturated carbocycles. The lowest BCUT2D eigenvalue weighted by molar-refractivity contribution is -0.128. The van der Waals surface area contributed by atoms with E-state index in [9.17, 15) is 14.0 Å². The number of halogens is 1. The third kappa shape index (κ3) is 6.66. The predicted molar refractivity (Wildman–Crippen MR) is 128 cm³/mol. The normalized spacial score (nSPS) is 13.0. The maximum Gasteiger partial charge on any atom is 0.260 e. The standard InChI is InChI=1S/C25H26FN5O4/c1-2-22(32)28-17-6-4-9-20(15-17)35-24-21(26)16-27-25(30-24)29-18-7-3-8-19(14-18)34-13-12-31-11-5-10-23(31)33/h3-4,6-9,14-16H,2,5,10-13H2,1H3,(H,28,32)(H,27,29,30). The van der Waals surface area contributed by atoms with Crippen molar-refractivity contribution >= 4 is 29.1 Å². The summed E-state index contributed by atoms with van der Waals surface area (Å²) in [5.74, 6) is 0.0962. The Kier molecular flexibility index (Phi) is 7.71. The summed E-state index contributed by atoms with van der Waals surface area (Å²) < 4.78 is 25.7. The zero-order valence-corrected chi connectivity index (χ0v) is 19.3. The summed E-state index contributed by atoms with van der Waals surface area (Å²) >= 11 is 0. The van der Waals surface area contributed by atoms with E-state index >= 15 is 0 Å². The van der Waals surface area contributed by atoms with Crippen LogP contribution in [0.4, 0.5) is 21.7 Å². The molecule has 1 fully saturated rings. The summed E-state index contributed by atoms with van der Waals surface area (Å²) in [7, 11) is 0. The highest BCUT2D eigenvalue weighted by Crippen LogP contribution is 2.27. The van der Waals surface area contributed by atoms with Crippen molar-refractivity contribution in [1.29, 1.82) is 0 Å². The molecule has 1 aliphatic heterocycles. The average Bonchev–Trinajstić information content (AvgIpc) is 3.26. The van der Waals surface area contributed by atoms with Crippen LogP contribution in [-0.4, -0.2) is 46.4 Å². The highest BCUT2D eigenvalue weighted by atomic mass is 19.1. The molecule has 1 saturated heterocycles. The van der Waals surface area contributed by atoms with E-state index in [0.717, 1.165) is 19.2 Å². The number of amides is 2. The number of anilines is 3. The van der Waals surface area contributed by atoms with Crippen molar-refractivity contribution in [3.05, 3.63) is 60.5 Å². The van der Waals surface area contributed by atoms with Crippen LogP contribution in [0.1, 0.15) is 26.2 Å². The minimum absolute atomic E-state index is 0.136. The second-order valence-corrected chi connectivity index (χ2v) is 7.86. The fraction of sp³-hybridized carbons (Fsp3) is 0.280. The van der Waals surface area contributed by atoms with Crippen molar-refractivity contribution in [3.8, 4) is 17.4 Å². The minimum Gasteiger partial charge on any atom is -0.492 e. The van der Waals surface area contributed by atoms with E-state index in [0.29, 0.717) is 48.9 Å². The zero-order chi connectivity index (χ0) is 24.6. The van der Waals surface area contributed by atoms with Gasteiger partial charge in [-0.05, 0) is 30.7 Å². The minimum atomic E-state index is -0.730. The molecule has 35 heavy (non-hydrogen) atoms. The topological polar surface area (TPSA) is 106 Å². The van der Waals surface area contributed by atoms with Gasteiger partial charge in [0.1, 0.15) is 18.1 Å². The number of rotatable bonds is 10. The van der Waals surface area contributed by atoms with Gasteiger partial charge < -0.3 is 25.0 Å². The molecule has 0 aliphatic carbocycles. The molecule has 3 aromatic rings. The van der Waals surface area contributed by atoms with Crippen LogP contribution in [0.5, 0.6) is 17.4 Å². The van der Waals surface area contributed by atoms with Gasteiger partial charge in [-0.1, -0.05) is 19.1 Å². The fourth-order valence-electron chi connectivity index (χ4n) is 3.49. The lowest BCUT2D eigenvalue weighted by atomic mass is 10.3.